The first-order chi connectivity index (χ1) is 9.38. The molecular formula is C16H32N2O2. The molecule has 0 radical (unpaired) electrons. The molecule has 1 rings (SSSR count). The van der Waals surface area contributed by atoms with Gasteiger partial charge in [0.2, 0.25) is 0 Å². The fourth-order valence-corrected chi connectivity index (χ4v) is 3.31. The van der Waals surface area contributed by atoms with Crippen LogP contribution in [0.25, 0.3) is 0 Å². The molecule has 2 N–H and O–H groups in total. The molecule has 4 nitrogen and oxygen atoms in total. The summed E-state index contributed by atoms with van der Waals surface area (Å²) in [4.78, 5) is 14.0. The van der Waals surface area contributed by atoms with Crippen LogP contribution in [0.5, 0.6) is 0 Å². The third-order valence-electron chi connectivity index (χ3n) is 4.74. The molecule has 20 heavy (non-hydrogen) atoms. The van der Waals surface area contributed by atoms with Crippen LogP contribution >= 0.6 is 0 Å². The van der Waals surface area contributed by atoms with Gasteiger partial charge < -0.3 is 15.4 Å². The van der Waals surface area contributed by atoms with E-state index in [-0.39, 0.29) is 5.97 Å². The van der Waals surface area contributed by atoms with E-state index in [0.717, 1.165) is 31.3 Å². The molecule has 0 bridgehead atoms. The average molecular weight is 284 g/mol. The summed E-state index contributed by atoms with van der Waals surface area (Å²) >= 11 is 0. The summed E-state index contributed by atoms with van der Waals surface area (Å²) in [5, 5.41) is 0. The number of rotatable bonds is 7. The normalized spacial score (nSPS) is 26.3. The molecule has 1 saturated carbocycles. The number of carbonyl (C=O) groups is 1. The third-order valence-corrected chi connectivity index (χ3v) is 4.74. The molecular weight excluding hydrogens is 252 g/mol. The van der Waals surface area contributed by atoms with Gasteiger partial charge in [0.15, 0.2) is 0 Å². The van der Waals surface area contributed by atoms with Gasteiger partial charge in [0.25, 0.3) is 0 Å². The van der Waals surface area contributed by atoms with Crippen molar-refractivity contribution in [1.29, 1.82) is 0 Å². The second-order valence-electron chi connectivity index (χ2n) is 6.68. The summed E-state index contributed by atoms with van der Waals surface area (Å²) in [6.45, 7) is 5.21. The number of hydrogen-bond donors (Lipinski definition) is 1. The van der Waals surface area contributed by atoms with Crippen molar-refractivity contribution in [3.8, 4) is 0 Å². The van der Waals surface area contributed by atoms with Crippen molar-refractivity contribution in [2.24, 2.45) is 11.7 Å². The summed E-state index contributed by atoms with van der Waals surface area (Å²) in [5.41, 5.74) is 5.12. The topological polar surface area (TPSA) is 55.6 Å². The van der Waals surface area contributed by atoms with Gasteiger partial charge in [-0.15, -0.1) is 0 Å². The number of nitrogens with two attached hydrogens (primary N) is 1. The fraction of sp³-hybridized carbons (Fsp3) is 0.938. The standard InChI is InChI=1S/C16H32N2O2/c1-13-9-5-6-10-14(13)18(3)12-8-7-11-16(2,17)15(19)20-4/h13-14H,5-12,17H2,1-4H3. The minimum absolute atomic E-state index is 0.313. The highest BCUT2D eigenvalue weighted by Crippen LogP contribution is 2.27. The molecule has 1 aliphatic carbocycles. The summed E-state index contributed by atoms with van der Waals surface area (Å²) < 4.78 is 4.73. The van der Waals surface area contributed by atoms with Crippen LogP contribution in [-0.4, -0.2) is 43.2 Å². The SMILES string of the molecule is COC(=O)C(C)(N)CCCCN(C)C1CCCCC1C. The number of hydrogen-bond acceptors (Lipinski definition) is 4. The second kappa shape index (κ2) is 7.99. The summed E-state index contributed by atoms with van der Waals surface area (Å²) in [5.74, 6) is 0.496. The maximum absolute atomic E-state index is 11.5. The molecule has 0 amide bonds. The van der Waals surface area contributed by atoms with E-state index >= 15 is 0 Å². The Morgan fingerprint density at radius 3 is 2.60 bits per heavy atom. The molecule has 118 valence electrons. The number of ether oxygens (including phenoxy) is 1. The van der Waals surface area contributed by atoms with Gasteiger partial charge in [-0.3, -0.25) is 4.79 Å². The Kier molecular flexibility index (Phi) is 6.96. The number of nitrogens with zero attached hydrogens (tertiary/aromatic N) is 1. The highest BCUT2D eigenvalue weighted by Gasteiger charge is 2.29. The molecule has 0 heterocycles. The minimum Gasteiger partial charge on any atom is -0.468 e. The molecule has 3 atom stereocenters. The van der Waals surface area contributed by atoms with Crippen LogP contribution in [0.15, 0.2) is 0 Å². The first-order valence-corrected chi connectivity index (χ1v) is 7.96. The van der Waals surface area contributed by atoms with Crippen LogP contribution in [0, 0.1) is 5.92 Å². The lowest BCUT2D eigenvalue weighted by molar-refractivity contribution is -0.146. The molecule has 0 aromatic heterocycles. The van der Waals surface area contributed by atoms with Crippen molar-refractivity contribution in [2.75, 3.05) is 20.7 Å². The molecule has 0 aliphatic heterocycles. The Morgan fingerprint density at radius 1 is 1.35 bits per heavy atom. The Morgan fingerprint density at radius 2 is 2.00 bits per heavy atom. The molecule has 0 saturated heterocycles. The average Bonchev–Trinajstić information content (AvgIpc) is 2.42. The summed E-state index contributed by atoms with van der Waals surface area (Å²) in [6, 6.07) is 0.730. The van der Waals surface area contributed by atoms with Gasteiger partial charge in [0, 0.05) is 6.04 Å². The number of unbranched alkanes of at least 4 members (excludes halogenated alkanes) is 1. The summed E-state index contributed by atoms with van der Waals surface area (Å²) in [6.07, 6.45) is 8.18. The Balaban J connectivity index is 2.25. The number of carbonyl (C=O) groups excluding carboxylic acids is 1. The lowest BCUT2D eigenvalue weighted by Gasteiger charge is -2.36. The van der Waals surface area contributed by atoms with Crippen molar-refractivity contribution in [3.63, 3.8) is 0 Å². The van der Waals surface area contributed by atoms with Gasteiger partial charge >= 0.3 is 5.97 Å². The van der Waals surface area contributed by atoms with Gasteiger partial charge in [0.05, 0.1) is 7.11 Å². The van der Waals surface area contributed by atoms with Crippen LogP contribution in [0.1, 0.15) is 58.8 Å². The van der Waals surface area contributed by atoms with E-state index in [2.05, 4.69) is 18.9 Å². The molecule has 1 fully saturated rings. The Labute approximate surface area is 124 Å². The van der Waals surface area contributed by atoms with E-state index in [9.17, 15) is 4.79 Å². The second-order valence-corrected chi connectivity index (χ2v) is 6.68. The van der Waals surface area contributed by atoms with Crippen LogP contribution < -0.4 is 5.73 Å². The molecule has 4 heteroatoms. The molecule has 1 aliphatic rings. The first kappa shape index (κ1) is 17.4. The third kappa shape index (κ3) is 5.06. The van der Waals surface area contributed by atoms with E-state index in [4.69, 9.17) is 10.5 Å². The molecule has 0 aromatic carbocycles. The van der Waals surface area contributed by atoms with Crippen LogP contribution in [0.2, 0.25) is 0 Å². The zero-order chi connectivity index (χ0) is 15.2. The van der Waals surface area contributed by atoms with Crippen LogP contribution in [-0.2, 0) is 9.53 Å². The minimum atomic E-state index is -0.842. The molecule has 3 unspecified atom stereocenters. The number of esters is 1. The highest BCUT2D eigenvalue weighted by molar-refractivity contribution is 5.79. The monoisotopic (exact) mass is 284 g/mol. The van der Waals surface area contributed by atoms with Gasteiger partial charge in [-0.2, -0.15) is 0 Å². The predicted molar refractivity (Wildman–Crippen MR) is 82.5 cm³/mol. The van der Waals surface area contributed by atoms with Crippen LogP contribution in [0.4, 0.5) is 0 Å². The lowest BCUT2D eigenvalue weighted by atomic mass is 9.85. The zero-order valence-corrected chi connectivity index (χ0v) is 13.7. The Hall–Kier alpha value is -0.610. The van der Waals surface area contributed by atoms with Crippen molar-refractivity contribution in [1.82, 2.24) is 4.90 Å². The summed E-state index contributed by atoms with van der Waals surface area (Å²) in [7, 11) is 3.63. The van der Waals surface area contributed by atoms with Gasteiger partial charge in [0.1, 0.15) is 5.54 Å². The van der Waals surface area contributed by atoms with E-state index < -0.39 is 5.54 Å². The van der Waals surface area contributed by atoms with Crippen molar-refractivity contribution in [3.05, 3.63) is 0 Å². The number of methoxy groups -OCH3 is 1. The molecule has 0 spiro atoms. The highest BCUT2D eigenvalue weighted by atomic mass is 16.5. The predicted octanol–water partition coefficient (Wildman–Crippen LogP) is 2.56. The van der Waals surface area contributed by atoms with Crippen molar-refractivity contribution >= 4 is 5.97 Å². The maximum atomic E-state index is 11.5. The zero-order valence-electron chi connectivity index (χ0n) is 13.7. The van der Waals surface area contributed by atoms with Gasteiger partial charge in [-0.05, 0) is 58.5 Å². The van der Waals surface area contributed by atoms with E-state index in [0.29, 0.717) is 6.42 Å². The van der Waals surface area contributed by atoms with E-state index in [1.54, 1.807) is 6.92 Å². The van der Waals surface area contributed by atoms with Crippen molar-refractivity contribution in [2.45, 2.75) is 70.4 Å². The maximum Gasteiger partial charge on any atom is 0.325 e. The fourth-order valence-electron chi connectivity index (χ4n) is 3.31. The quantitative estimate of drug-likeness (QED) is 0.576. The van der Waals surface area contributed by atoms with Crippen LogP contribution in [0.3, 0.4) is 0 Å². The lowest BCUT2D eigenvalue weighted by Crippen LogP contribution is -2.45. The van der Waals surface area contributed by atoms with E-state index in [1.165, 1.54) is 32.8 Å². The van der Waals surface area contributed by atoms with E-state index in [1.807, 2.05) is 0 Å². The smallest absolute Gasteiger partial charge is 0.325 e. The molecule has 0 aromatic rings. The first-order valence-electron chi connectivity index (χ1n) is 7.96. The van der Waals surface area contributed by atoms with Gasteiger partial charge in [-0.25, -0.2) is 0 Å². The Bertz CT molecular complexity index is 305. The van der Waals surface area contributed by atoms with Gasteiger partial charge in [-0.1, -0.05) is 19.8 Å². The van der Waals surface area contributed by atoms with Crippen molar-refractivity contribution < 1.29 is 9.53 Å². The largest absolute Gasteiger partial charge is 0.468 e.